The molecule has 0 radical (unpaired) electrons. The molecule has 1 aliphatic rings. The van der Waals surface area contributed by atoms with Crippen LogP contribution in [0.4, 0.5) is 0 Å². The predicted octanol–water partition coefficient (Wildman–Crippen LogP) is 0.834. The van der Waals surface area contributed by atoms with Gasteiger partial charge in [-0.25, -0.2) is 0 Å². The van der Waals surface area contributed by atoms with E-state index in [1.165, 1.54) is 12.8 Å². The summed E-state index contributed by atoms with van der Waals surface area (Å²) >= 11 is 0. The highest BCUT2D eigenvalue weighted by Crippen LogP contribution is 2.33. The summed E-state index contributed by atoms with van der Waals surface area (Å²) in [7, 11) is 1.74. The monoisotopic (exact) mass is 186 g/mol. The lowest BCUT2D eigenvalue weighted by molar-refractivity contribution is 0.122. The van der Waals surface area contributed by atoms with Crippen molar-refractivity contribution in [2.24, 2.45) is 5.73 Å². The average molecular weight is 186 g/mol. The van der Waals surface area contributed by atoms with E-state index in [-0.39, 0.29) is 5.54 Å². The quantitative estimate of drug-likeness (QED) is 0.668. The number of hydrogen-bond donors (Lipinski definition) is 1. The molecular weight excluding hydrogens is 164 g/mol. The van der Waals surface area contributed by atoms with Gasteiger partial charge in [0.05, 0.1) is 6.61 Å². The van der Waals surface area contributed by atoms with Gasteiger partial charge >= 0.3 is 0 Å². The van der Waals surface area contributed by atoms with E-state index in [0.717, 1.165) is 19.7 Å². The molecule has 1 fully saturated rings. The number of nitrogens with two attached hydrogens (primary N) is 1. The zero-order chi connectivity index (χ0) is 9.90. The van der Waals surface area contributed by atoms with E-state index in [1.54, 1.807) is 7.11 Å². The van der Waals surface area contributed by atoms with Gasteiger partial charge in [0.15, 0.2) is 0 Å². The molecule has 13 heavy (non-hydrogen) atoms. The van der Waals surface area contributed by atoms with Gasteiger partial charge in [0, 0.05) is 31.8 Å². The van der Waals surface area contributed by atoms with Gasteiger partial charge in [0.25, 0.3) is 0 Å². The molecule has 0 amide bonds. The standard InChI is InChI=1S/C10H22N2O/c1-9(2)12(6-7-13-3)8-10(11)4-5-10/h9H,4-8,11H2,1-3H3. The minimum atomic E-state index is 0.123. The van der Waals surface area contributed by atoms with Crippen molar-refractivity contribution < 1.29 is 4.74 Å². The van der Waals surface area contributed by atoms with Crippen molar-refractivity contribution in [3.63, 3.8) is 0 Å². The summed E-state index contributed by atoms with van der Waals surface area (Å²) in [6.45, 7) is 7.23. The van der Waals surface area contributed by atoms with E-state index in [2.05, 4.69) is 18.7 Å². The summed E-state index contributed by atoms with van der Waals surface area (Å²) in [6.07, 6.45) is 2.37. The number of ether oxygens (including phenoxy) is 1. The topological polar surface area (TPSA) is 38.5 Å². The fourth-order valence-electron chi connectivity index (χ4n) is 1.45. The Bertz CT molecular complexity index is 155. The fourth-order valence-corrected chi connectivity index (χ4v) is 1.45. The molecule has 0 spiro atoms. The lowest BCUT2D eigenvalue weighted by Gasteiger charge is -2.28. The molecule has 0 aromatic rings. The second kappa shape index (κ2) is 4.40. The van der Waals surface area contributed by atoms with Crippen molar-refractivity contribution in [1.82, 2.24) is 4.90 Å². The van der Waals surface area contributed by atoms with E-state index in [4.69, 9.17) is 10.5 Å². The van der Waals surface area contributed by atoms with Gasteiger partial charge in [-0.3, -0.25) is 4.90 Å². The molecule has 0 heterocycles. The zero-order valence-corrected chi connectivity index (χ0v) is 9.05. The summed E-state index contributed by atoms with van der Waals surface area (Å²) in [5.74, 6) is 0. The maximum absolute atomic E-state index is 6.07. The van der Waals surface area contributed by atoms with Gasteiger partial charge in [-0.2, -0.15) is 0 Å². The van der Waals surface area contributed by atoms with Crippen LogP contribution in [-0.4, -0.2) is 43.3 Å². The molecule has 0 aromatic heterocycles. The van der Waals surface area contributed by atoms with Crippen molar-refractivity contribution in [3.8, 4) is 0 Å². The highest BCUT2D eigenvalue weighted by Gasteiger charge is 2.39. The Morgan fingerprint density at radius 1 is 1.46 bits per heavy atom. The molecule has 0 aliphatic heterocycles. The first-order chi connectivity index (χ1) is 6.07. The largest absolute Gasteiger partial charge is 0.383 e. The van der Waals surface area contributed by atoms with Crippen LogP contribution < -0.4 is 5.73 Å². The van der Waals surface area contributed by atoms with Gasteiger partial charge in [-0.05, 0) is 26.7 Å². The zero-order valence-electron chi connectivity index (χ0n) is 9.05. The molecule has 3 nitrogen and oxygen atoms in total. The molecule has 2 N–H and O–H groups in total. The third-order valence-corrected chi connectivity index (χ3v) is 2.72. The second-order valence-electron chi connectivity index (χ2n) is 4.42. The van der Waals surface area contributed by atoms with E-state index >= 15 is 0 Å². The number of hydrogen-bond acceptors (Lipinski definition) is 3. The Balaban J connectivity index is 2.29. The smallest absolute Gasteiger partial charge is 0.0589 e. The van der Waals surface area contributed by atoms with Gasteiger partial charge < -0.3 is 10.5 Å². The third kappa shape index (κ3) is 3.63. The van der Waals surface area contributed by atoms with Crippen LogP contribution in [0.3, 0.4) is 0 Å². The van der Waals surface area contributed by atoms with Crippen LogP contribution in [0.5, 0.6) is 0 Å². The molecule has 1 rings (SSSR count). The van der Waals surface area contributed by atoms with Crippen molar-refractivity contribution in [2.75, 3.05) is 26.8 Å². The lowest BCUT2D eigenvalue weighted by Crippen LogP contribution is -2.44. The summed E-state index contributed by atoms with van der Waals surface area (Å²) in [5.41, 5.74) is 6.20. The molecule has 3 heteroatoms. The summed E-state index contributed by atoms with van der Waals surface area (Å²) in [5, 5.41) is 0. The maximum atomic E-state index is 6.07. The summed E-state index contributed by atoms with van der Waals surface area (Å²) < 4.78 is 5.07. The van der Waals surface area contributed by atoms with Crippen molar-refractivity contribution in [1.29, 1.82) is 0 Å². The van der Waals surface area contributed by atoms with Crippen LogP contribution in [0, 0.1) is 0 Å². The summed E-state index contributed by atoms with van der Waals surface area (Å²) in [4.78, 5) is 2.40. The van der Waals surface area contributed by atoms with E-state index in [1.807, 2.05) is 0 Å². The number of rotatable bonds is 6. The van der Waals surface area contributed by atoms with E-state index in [9.17, 15) is 0 Å². The molecule has 0 saturated heterocycles. The average Bonchev–Trinajstić information content (AvgIpc) is 2.77. The molecule has 1 aliphatic carbocycles. The van der Waals surface area contributed by atoms with Crippen molar-refractivity contribution >= 4 is 0 Å². The molecule has 0 unspecified atom stereocenters. The minimum absolute atomic E-state index is 0.123. The van der Waals surface area contributed by atoms with Crippen molar-refractivity contribution in [2.45, 2.75) is 38.3 Å². The third-order valence-electron chi connectivity index (χ3n) is 2.72. The van der Waals surface area contributed by atoms with Gasteiger partial charge in [0.1, 0.15) is 0 Å². The summed E-state index contributed by atoms with van der Waals surface area (Å²) in [6, 6.07) is 0.566. The Morgan fingerprint density at radius 3 is 2.46 bits per heavy atom. The first kappa shape index (κ1) is 11.0. The van der Waals surface area contributed by atoms with E-state index < -0.39 is 0 Å². The molecule has 0 aromatic carbocycles. The Labute approximate surface area is 81.2 Å². The maximum Gasteiger partial charge on any atom is 0.0589 e. The Kier molecular flexibility index (Phi) is 3.71. The molecule has 78 valence electrons. The molecule has 0 bridgehead atoms. The Morgan fingerprint density at radius 2 is 2.08 bits per heavy atom. The lowest BCUT2D eigenvalue weighted by atomic mass is 10.2. The molecule has 1 saturated carbocycles. The highest BCUT2D eigenvalue weighted by molar-refractivity contribution is 5.01. The van der Waals surface area contributed by atoms with Crippen LogP contribution in [0.15, 0.2) is 0 Å². The minimum Gasteiger partial charge on any atom is -0.383 e. The SMILES string of the molecule is COCCN(CC1(N)CC1)C(C)C. The van der Waals surface area contributed by atoms with Crippen LogP contribution in [0.2, 0.25) is 0 Å². The Hall–Kier alpha value is -0.120. The predicted molar refractivity (Wildman–Crippen MR) is 54.7 cm³/mol. The van der Waals surface area contributed by atoms with Crippen LogP contribution in [0.1, 0.15) is 26.7 Å². The molecule has 0 atom stereocenters. The first-order valence-corrected chi connectivity index (χ1v) is 5.09. The first-order valence-electron chi connectivity index (χ1n) is 5.09. The molecular formula is C10H22N2O. The normalized spacial score (nSPS) is 19.8. The van der Waals surface area contributed by atoms with E-state index in [0.29, 0.717) is 6.04 Å². The van der Waals surface area contributed by atoms with Crippen LogP contribution >= 0.6 is 0 Å². The number of nitrogens with zero attached hydrogens (tertiary/aromatic N) is 1. The van der Waals surface area contributed by atoms with Gasteiger partial charge in [0.2, 0.25) is 0 Å². The van der Waals surface area contributed by atoms with Crippen molar-refractivity contribution in [3.05, 3.63) is 0 Å². The second-order valence-corrected chi connectivity index (χ2v) is 4.42. The van der Waals surface area contributed by atoms with Gasteiger partial charge in [-0.1, -0.05) is 0 Å². The van der Waals surface area contributed by atoms with Crippen LogP contribution in [0.25, 0.3) is 0 Å². The fraction of sp³-hybridized carbons (Fsp3) is 1.00. The highest BCUT2D eigenvalue weighted by atomic mass is 16.5. The van der Waals surface area contributed by atoms with Gasteiger partial charge in [-0.15, -0.1) is 0 Å². The number of methoxy groups -OCH3 is 1. The van der Waals surface area contributed by atoms with Crippen LogP contribution in [-0.2, 0) is 4.74 Å².